The molecule has 3 rings (SSSR count). The summed E-state index contributed by atoms with van der Waals surface area (Å²) in [5.41, 5.74) is 1.45. The van der Waals surface area contributed by atoms with Gasteiger partial charge in [0, 0.05) is 0 Å². The van der Waals surface area contributed by atoms with Gasteiger partial charge in [0.05, 0.1) is 6.10 Å². The largest absolute Gasteiger partial charge is 0.346 e. The van der Waals surface area contributed by atoms with E-state index in [9.17, 15) is 8.78 Å². The quantitative estimate of drug-likeness (QED) is 0.531. The topological polar surface area (TPSA) is 21.8 Å². The summed E-state index contributed by atoms with van der Waals surface area (Å²) in [5.74, 6) is 4.68. The maximum Gasteiger partial charge on any atom is 0.319 e. The third kappa shape index (κ3) is 3.94. The highest BCUT2D eigenvalue weighted by atomic mass is 32.2. The van der Waals surface area contributed by atoms with E-state index in [1.54, 1.807) is 0 Å². The number of allylic oxidation sites excluding steroid dienone is 4. The highest BCUT2D eigenvalue weighted by molar-refractivity contribution is 8.14. The first-order valence-electron chi connectivity index (χ1n) is 8.40. The van der Waals surface area contributed by atoms with Crippen LogP contribution in [0.15, 0.2) is 23.8 Å². The molecule has 2 nitrogen and oxygen atoms in total. The number of ether oxygens (including phenoxy) is 2. The van der Waals surface area contributed by atoms with Crippen LogP contribution in [0.2, 0.25) is 0 Å². The summed E-state index contributed by atoms with van der Waals surface area (Å²) in [5, 5.41) is -2.88. The molecule has 1 saturated carbocycles. The van der Waals surface area contributed by atoms with Crippen LogP contribution in [0.25, 0.3) is 0 Å². The molecule has 5 heteroatoms. The zero-order valence-electron chi connectivity index (χ0n) is 13.8. The van der Waals surface area contributed by atoms with Crippen molar-refractivity contribution in [3.8, 4) is 0 Å². The van der Waals surface area contributed by atoms with E-state index in [1.165, 1.54) is 11.8 Å². The average Bonchev–Trinajstić information content (AvgIpc) is 3.29. The standard InChI is InChI=1S/C18H26F2O2S/c1-12-4-6-13(7-5-12)14-8-10-15(11-9-14)21-17-16(22-17)18(19,20)23(2)3/h4,6-7,12,14-17H,2,5,8-11H2,1,3H3. The van der Waals surface area contributed by atoms with E-state index in [0.717, 1.165) is 32.1 Å². The van der Waals surface area contributed by atoms with Gasteiger partial charge in [-0.2, -0.15) is 8.78 Å². The van der Waals surface area contributed by atoms with Gasteiger partial charge in [-0.05, 0) is 55.8 Å². The van der Waals surface area contributed by atoms with Crippen molar-refractivity contribution in [1.82, 2.24) is 0 Å². The van der Waals surface area contributed by atoms with Gasteiger partial charge in [-0.1, -0.05) is 31.0 Å². The van der Waals surface area contributed by atoms with Crippen molar-refractivity contribution in [3.05, 3.63) is 23.8 Å². The fourth-order valence-electron chi connectivity index (χ4n) is 3.41. The lowest BCUT2D eigenvalue weighted by Crippen LogP contribution is -2.28. The van der Waals surface area contributed by atoms with Gasteiger partial charge < -0.3 is 9.47 Å². The molecule has 4 unspecified atom stereocenters. The summed E-state index contributed by atoms with van der Waals surface area (Å²) in [6, 6.07) is 0. The summed E-state index contributed by atoms with van der Waals surface area (Å²) in [6.45, 7) is 2.23. The van der Waals surface area contributed by atoms with Crippen LogP contribution in [-0.2, 0) is 9.47 Å². The van der Waals surface area contributed by atoms with E-state index in [2.05, 4.69) is 31.0 Å². The highest BCUT2D eigenvalue weighted by Crippen LogP contribution is 2.47. The summed E-state index contributed by atoms with van der Waals surface area (Å²) in [6.07, 6.45) is 11.6. The van der Waals surface area contributed by atoms with Gasteiger partial charge >= 0.3 is 5.25 Å². The van der Waals surface area contributed by atoms with E-state index in [1.807, 2.05) is 0 Å². The first-order valence-corrected chi connectivity index (χ1v) is 10.2. The van der Waals surface area contributed by atoms with Gasteiger partial charge in [-0.15, -0.1) is 10.5 Å². The van der Waals surface area contributed by atoms with Gasteiger partial charge in [0.25, 0.3) is 0 Å². The van der Waals surface area contributed by atoms with Gasteiger partial charge in [0.1, 0.15) is 0 Å². The molecule has 0 bridgehead atoms. The van der Waals surface area contributed by atoms with Crippen molar-refractivity contribution in [2.75, 3.05) is 6.26 Å². The summed E-state index contributed by atoms with van der Waals surface area (Å²) in [4.78, 5) is 0. The Hall–Kier alpha value is -0.520. The SMILES string of the molecule is C=S(C)C(F)(F)C1OC1OC1CCC(C2=CCC(C)C=C2)CC1. The van der Waals surface area contributed by atoms with Crippen molar-refractivity contribution in [2.24, 2.45) is 11.8 Å². The molecule has 0 N–H and O–H groups in total. The Bertz CT molecular complexity index is 521. The number of alkyl halides is 2. The molecule has 0 radical (unpaired) electrons. The van der Waals surface area contributed by atoms with E-state index < -0.39 is 28.1 Å². The minimum absolute atomic E-state index is 0.0487. The lowest BCUT2D eigenvalue weighted by atomic mass is 9.80. The van der Waals surface area contributed by atoms with Crippen LogP contribution in [0.3, 0.4) is 0 Å². The molecule has 1 heterocycles. The normalized spacial score (nSPS) is 39.0. The minimum atomic E-state index is -2.88. The van der Waals surface area contributed by atoms with E-state index >= 15 is 0 Å². The van der Waals surface area contributed by atoms with Gasteiger partial charge in [-0.25, -0.2) is 0 Å². The monoisotopic (exact) mass is 344 g/mol. The Morgan fingerprint density at radius 1 is 1.30 bits per heavy atom. The fraction of sp³-hybridized carbons (Fsp3) is 0.722. The third-order valence-electron chi connectivity index (χ3n) is 5.06. The number of epoxide rings is 1. The second-order valence-electron chi connectivity index (χ2n) is 7.01. The molecule has 1 saturated heterocycles. The van der Waals surface area contributed by atoms with Crippen LogP contribution in [0.1, 0.15) is 39.0 Å². The predicted octanol–water partition coefficient (Wildman–Crippen LogP) is 4.73. The Labute approximate surface area is 139 Å². The van der Waals surface area contributed by atoms with Crippen molar-refractivity contribution >= 4 is 16.4 Å². The lowest BCUT2D eigenvalue weighted by Gasteiger charge is -2.30. The third-order valence-corrected chi connectivity index (χ3v) is 6.22. The fourth-order valence-corrected chi connectivity index (χ4v) is 3.97. The molecule has 0 amide bonds. The second kappa shape index (κ2) is 6.77. The van der Waals surface area contributed by atoms with Gasteiger partial charge in [0.2, 0.25) is 0 Å². The maximum absolute atomic E-state index is 13.8. The van der Waals surface area contributed by atoms with Crippen LogP contribution in [0.4, 0.5) is 8.78 Å². The van der Waals surface area contributed by atoms with Crippen molar-refractivity contribution in [2.45, 2.75) is 62.8 Å². The number of hydrogen-bond donors (Lipinski definition) is 0. The van der Waals surface area contributed by atoms with Crippen molar-refractivity contribution in [3.63, 3.8) is 0 Å². The average molecular weight is 344 g/mol. The molecule has 130 valence electrons. The van der Waals surface area contributed by atoms with Gasteiger partial charge in [0.15, 0.2) is 12.4 Å². The zero-order valence-corrected chi connectivity index (χ0v) is 14.7. The molecule has 2 aliphatic carbocycles. The first-order chi connectivity index (χ1) is 10.9. The smallest absolute Gasteiger partial charge is 0.319 e. The molecule has 2 fully saturated rings. The van der Waals surface area contributed by atoms with E-state index in [-0.39, 0.29) is 6.10 Å². The van der Waals surface area contributed by atoms with E-state index in [4.69, 9.17) is 9.47 Å². The maximum atomic E-state index is 13.8. The van der Waals surface area contributed by atoms with Crippen LogP contribution in [0.5, 0.6) is 0 Å². The molecule has 0 aromatic heterocycles. The Morgan fingerprint density at radius 3 is 2.57 bits per heavy atom. The molecule has 0 spiro atoms. The molecule has 4 atom stereocenters. The predicted molar refractivity (Wildman–Crippen MR) is 92.1 cm³/mol. The molecule has 3 aliphatic rings. The van der Waals surface area contributed by atoms with Crippen LogP contribution >= 0.6 is 10.5 Å². The molecule has 0 aromatic carbocycles. The molecule has 0 aromatic rings. The summed E-state index contributed by atoms with van der Waals surface area (Å²) < 4.78 is 38.4. The highest BCUT2D eigenvalue weighted by Gasteiger charge is 2.59. The number of halogens is 2. The number of hydrogen-bond acceptors (Lipinski definition) is 2. The Balaban J connectivity index is 1.44. The van der Waals surface area contributed by atoms with Crippen molar-refractivity contribution < 1.29 is 18.3 Å². The van der Waals surface area contributed by atoms with Crippen LogP contribution in [-0.4, -0.2) is 35.9 Å². The zero-order chi connectivity index (χ0) is 16.6. The molecular formula is C18H26F2O2S. The van der Waals surface area contributed by atoms with E-state index in [0.29, 0.717) is 11.8 Å². The Kier molecular flexibility index (Phi) is 5.09. The van der Waals surface area contributed by atoms with Gasteiger partial charge in [-0.3, -0.25) is 0 Å². The van der Waals surface area contributed by atoms with Crippen molar-refractivity contribution in [1.29, 1.82) is 0 Å². The second-order valence-corrected chi connectivity index (χ2v) is 8.83. The molecule has 1 aliphatic heterocycles. The Morgan fingerprint density at radius 2 is 2.00 bits per heavy atom. The molecular weight excluding hydrogens is 318 g/mol. The van der Waals surface area contributed by atoms with Crippen LogP contribution in [0, 0.1) is 11.8 Å². The summed E-state index contributed by atoms with van der Waals surface area (Å²) >= 11 is 0. The first kappa shape index (κ1) is 17.3. The van der Waals surface area contributed by atoms with Crippen LogP contribution < -0.4 is 0 Å². The lowest BCUT2D eigenvalue weighted by molar-refractivity contribution is -0.0335. The molecule has 23 heavy (non-hydrogen) atoms. The minimum Gasteiger partial charge on any atom is -0.346 e. The summed E-state index contributed by atoms with van der Waals surface area (Å²) in [7, 11) is -1.24. The number of rotatable bonds is 5.